The molecule has 0 bridgehead atoms. The normalized spacial score (nSPS) is 21.4. The number of hydrogen-bond acceptors (Lipinski definition) is 1. The number of nitrogens with one attached hydrogen (secondary N) is 1. The van der Waals surface area contributed by atoms with E-state index < -0.39 is 23.8 Å². The minimum absolute atomic E-state index is 0.0901. The van der Waals surface area contributed by atoms with Gasteiger partial charge in [-0.2, -0.15) is 26.3 Å². The Kier molecular flexibility index (Phi) is 2.50. The lowest BCUT2D eigenvalue weighted by atomic mass is 9.96. The zero-order valence-corrected chi connectivity index (χ0v) is 7.26. The van der Waals surface area contributed by atoms with Crippen LogP contribution >= 0.6 is 0 Å². The third kappa shape index (κ3) is 1.97. The highest BCUT2D eigenvalue weighted by atomic mass is 19.4. The van der Waals surface area contributed by atoms with Gasteiger partial charge in [-0.25, -0.2) is 0 Å². The fourth-order valence-corrected chi connectivity index (χ4v) is 1.63. The average molecular weight is 221 g/mol. The molecule has 1 rings (SSSR count). The second-order valence-electron chi connectivity index (χ2n) is 3.42. The van der Waals surface area contributed by atoms with Crippen LogP contribution in [0.15, 0.2) is 0 Å². The molecule has 84 valence electrons. The lowest BCUT2D eigenvalue weighted by Crippen LogP contribution is -2.51. The van der Waals surface area contributed by atoms with Gasteiger partial charge in [-0.05, 0) is 19.9 Å². The van der Waals surface area contributed by atoms with E-state index in [1.54, 1.807) is 0 Å². The second kappa shape index (κ2) is 3.01. The molecule has 0 aliphatic heterocycles. The molecule has 1 nitrogen and oxygen atoms in total. The van der Waals surface area contributed by atoms with Gasteiger partial charge in [0.2, 0.25) is 0 Å². The first-order valence-electron chi connectivity index (χ1n) is 3.96. The molecule has 0 radical (unpaired) electrons. The molecule has 0 aromatic heterocycles. The van der Waals surface area contributed by atoms with E-state index in [2.05, 4.69) is 5.32 Å². The second-order valence-corrected chi connectivity index (χ2v) is 3.42. The van der Waals surface area contributed by atoms with Gasteiger partial charge in [0.25, 0.3) is 0 Å². The summed E-state index contributed by atoms with van der Waals surface area (Å²) in [5.74, 6) is -3.26. The molecular weight excluding hydrogens is 212 g/mol. The largest absolute Gasteiger partial charge is 0.402 e. The summed E-state index contributed by atoms with van der Waals surface area (Å²) < 4.78 is 73.1. The molecule has 1 N–H and O–H groups in total. The summed E-state index contributed by atoms with van der Waals surface area (Å²) in [5, 5.41) is 2.13. The maximum atomic E-state index is 12.2. The Balaban J connectivity index is 2.95. The minimum atomic E-state index is -5.24. The van der Waals surface area contributed by atoms with Crippen LogP contribution in [0.1, 0.15) is 12.8 Å². The van der Waals surface area contributed by atoms with Gasteiger partial charge < -0.3 is 5.32 Å². The van der Waals surface area contributed by atoms with Crippen LogP contribution in [0.3, 0.4) is 0 Å². The Morgan fingerprint density at radius 3 is 1.43 bits per heavy atom. The smallest absolute Gasteiger partial charge is 0.313 e. The monoisotopic (exact) mass is 221 g/mol. The molecule has 0 unspecified atom stereocenters. The predicted octanol–water partition coefficient (Wildman–Crippen LogP) is 2.48. The molecule has 1 saturated carbocycles. The topological polar surface area (TPSA) is 12.0 Å². The van der Waals surface area contributed by atoms with Crippen molar-refractivity contribution in [2.45, 2.75) is 30.7 Å². The van der Waals surface area contributed by atoms with Crippen LogP contribution in [0.2, 0.25) is 0 Å². The van der Waals surface area contributed by atoms with Gasteiger partial charge in [-0.3, -0.25) is 0 Å². The summed E-state index contributed by atoms with van der Waals surface area (Å²) in [4.78, 5) is 0. The van der Waals surface area contributed by atoms with Crippen molar-refractivity contribution < 1.29 is 26.3 Å². The van der Waals surface area contributed by atoms with Crippen LogP contribution in [0.25, 0.3) is 0 Å². The van der Waals surface area contributed by atoms with Crippen molar-refractivity contribution in [3.63, 3.8) is 0 Å². The molecular formula is C7H9F6N. The zero-order valence-electron chi connectivity index (χ0n) is 7.26. The van der Waals surface area contributed by atoms with Crippen molar-refractivity contribution in [3.05, 3.63) is 0 Å². The molecule has 0 saturated heterocycles. The lowest BCUT2D eigenvalue weighted by molar-refractivity contribution is -0.294. The SMILES string of the molecule is CNC1(C(C(F)(F)F)C(F)(F)F)CC1. The fourth-order valence-electron chi connectivity index (χ4n) is 1.63. The molecule has 0 heterocycles. The van der Waals surface area contributed by atoms with Crippen molar-refractivity contribution in [1.82, 2.24) is 5.32 Å². The van der Waals surface area contributed by atoms with Crippen molar-refractivity contribution >= 4 is 0 Å². The van der Waals surface area contributed by atoms with Gasteiger partial charge in [0.1, 0.15) is 0 Å². The van der Waals surface area contributed by atoms with E-state index in [-0.39, 0.29) is 12.8 Å². The minimum Gasteiger partial charge on any atom is -0.313 e. The number of rotatable bonds is 2. The van der Waals surface area contributed by atoms with Gasteiger partial charge in [0.15, 0.2) is 5.92 Å². The molecule has 14 heavy (non-hydrogen) atoms. The highest BCUT2D eigenvalue weighted by Gasteiger charge is 2.70. The molecule has 0 atom stereocenters. The molecule has 1 aliphatic rings. The fraction of sp³-hybridized carbons (Fsp3) is 1.00. The van der Waals surface area contributed by atoms with Gasteiger partial charge in [-0.1, -0.05) is 0 Å². The highest BCUT2D eigenvalue weighted by molar-refractivity contribution is 5.10. The van der Waals surface area contributed by atoms with Gasteiger partial charge in [-0.15, -0.1) is 0 Å². The summed E-state index contributed by atoms with van der Waals surface area (Å²) in [6.45, 7) is 0. The van der Waals surface area contributed by atoms with E-state index in [1.807, 2.05) is 0 Å². The summed E-state index contributed by atoms with van der Waals surface area (Å²) in [5.41, 5.74) is -1.82. The summed E-state index contributed by atoms with van der Waals surface area (Å²) in [6, 6.07) is 0. The van der Waals surface area contributed by atoms with Gasteiger partial charge in [0, 0.05) is 5.54 Å². The Bertz CT molecular complexity index is 199. The number of alkyl halides is 6. The predicted molar refractivity (Wildman–Crippen MR) is 36.6 cm³/mol. The van der Waals surface area contributed by atoms with Crippen LogP contribution in [0, 0.1) is 5.92 Å². The van der Waals surface area contributed by atoms with Crippen LogP contribution in [-0.2, 0) is 0 Å². The van der Waals surface area contributed by atoms with E-state index in [1.165, 1.54) is 0 Å². The molecule has 0 aromatic carbocycles. The van der Waals surface area contributed by atoms with Crippen LogP contribution in [-0.4, -0.2) is 24.9 Å². The van der Waals surface area contributed by atoms with E-state index in [0.29, 0.717) is 0 Å². The molecule has 0 amide bonds. The summed E-state index contributed by atoms with van der Waals surface area (Å²) >= 11 is 0. The van der Waals surface area contributed by atoms with Gasteiger partial charge >= 0.3 is 12.4 Å². The maximum Gasteiger partial charge on any atom is 0.402 e. The molecule has 0 spiro atoms. The lowest BCUT2D eigenvalue weighted by Gasteiger charge is -2.30. The highest BCUT2D eigenvalue weighted by Crippen LogP contribution is 2.55. The Labute approximate surface area is 76.5 Å². The molecule has 0 aromatic rings. The Morgan fingerprint density at radius 1 is 1.00 bits per heavy atom. The first kappa shape index (κ1) is 11.6. The number of halogens is 6. The van der Waals surface area contributed by atoms with Crippen molar-refractivity contribution in [3.8, 4) is 0 Å². The van der Waals surface area contributed by atoms with Crippen LogP contribution in [0.4, 0.5) is 26.3 Å². The van der Waals surface area contributed by atoms with Crippen molar-refractivity contribution in [1.29, 1.82) is 0 Å². The van der Waals surface area contributed by atoms with Gasteiger partial charge in [0.05, 0.1) is 0 Å². The quantitative estimate of drug-likeness (QED) is 0.706. The van der Waals surface area contributed by atoms with Crippen LogP contribution in [0.5, 0.6) is 0 Å². The van der Waals surface area contributed by atoms with E-state index in [0.717, 1.165) is 7.05 Å². The maximum absolute atomic E-state index is 12.2. The van der Waals surface area contributed by atoms with E-state index in [9.17, 15) is 26.3 Å². The Hall–Kier alpha value is -0.460. The van der Waals surface area contributed by atoms with Crippen LogP contribution < -0.4 is 5.32 Å². The molecule has 1 fully saturated rings. The average Bonchev–Trinajstić information content (AvgIpc) is 2.62. The molecule has 1 aliphatic carbocycles. The first-order valence-corrected chi connectivity index (χ1v) is 3.96. The van der Waals surface area contributed by atoms with E-state index >= 15 is 0 Å². The molecule has 7 heteroatoms. The number of hydrogen-bond donors (Lipinski definition) is 1. The van der Waals surface area contributed by atoms with E-state index in [4.69, 9.17) is 0 Å². The third-order valence-corrected chi connectivity index (χ3v) is 2.49. The standard InChI is InChI=1S/C7H9F6N/c1-14-5(2-3-5)4(6(8,9)10)7(11,12)13/h4,14H,2-3H2,1H3. The Morgan fingerprint density at radius 2 is 1.36 bits per heavy atom. The van der Waals surface area contributed by atoms with Crippen molar-refractivity contribution in [2.75, 3.05) is 7.05 Å². The zero-order chi connectivity index (χ0) is 11.2. The first-order chi connectivity index (χ1) is 6.13. The van der Waals surface area contributed by atoms with Crippen molar-refractivity contribution in [2.24, 2.45) is 5.92 Å². The summed E-state index contributed by atoms with van der Waals surface area (Å²) in [6.07, 6.45) is -10.7. The third-order valence-electron chi connectivity index (χ3n) is 2.49. The summed E-state index contributed by atoms with van der Waals surface area (Å²) in [7, 11) is 1.12.